The summed E-state index contributed by atoms with van der Waals surface area (Å²) in [6.07, 6.45) is 0. The predicted octanol–water partition coefficient (Wildman–Crippen LogP) is 2.36. The fraction of sp³-hybridized carbons (Fsp3) is 0.417. The van der Waals surface area contributed by atoms with Crippen LogP contribution in [0.5, 0.6) is 0 Å². The molecule has 4 nitrogen and oxygen atoms in total. The van der Waals surface area contributed by atoms with Crippen molar-refractivity contribution in [2.24, 2.45) is 0 Å². The van der Waals surface area contributed by atoms with Crippen LogP contribution in [0, 0.1) is 5.82 Å². The van der Waals surface area contributed by atoms with Crippen LogP contribution in [0.3, 0.4) is 0 Å². The quantitative estimate of drug-likeness (QED) is 0.802. The van der Waals surface area contributed by atoms with Crippen LogP contribution >= 0.6 is 0 Å². The maximum absolute atomic E-state index is 13.5. The van der Waals surface area contributed by atoms with Gasteiger partial charge in [0.2, 0.25) is 0 Å². The van der Waals surface area contributed by atoms with Gasteiger partial charge in [0, 0.05) is 12.6 Å². The van der Waals surface area contributed by atoms with Crippen molar-refractivity contribution in [2.45, 2.75) is 19.9 Å². The summed E-state index contributed by atoms with van der Waals surface area (Å²) in [6, 6.07) is 3.74. The molecular formula is C12H16FNO3. The number of carboxylic acids is 1. The minimum atomic E-state index is -1.14. The van der Waals surface area contributed by atoms with Gasteiger partial charge in [0.15, 0.2) is 0 Å². The molecule has 17 heavy (non-hydrogen) atoms. The Morgan fingerprint density at radius 1 is 1.59 bits per heavy atom. The molecule has 0 saturated heterocycles. The van der Waals surface area contributed by atoms with Gasteiger partial charge < -0.3 is 15.2 Å². The zero-order valence-corrected chi connectivity index (χ0v) is 9.87. The fourth-order valence-electron chi connectivity index (χ4n) is 1.37. The number of hydrogen-bond donors (Lipinski definition) is 2. The van der Waals surface area contributed by atoms with Crippen LogP contribution in [0.15, 0.2) is 18.2 Å². The molecule has 0 amide bonds. The number of carboxylic acid groups (broad SMARTS) is 1. The third-order valence-corrected chi connectivity index (χ3v) is 2.19. The van der Waals surface area contributed by atoms with Crippen LogP contribution < -0.4 is 5.32 Å². The van der Waals surface area contributed by atoms with Crippen LogP contribution in [-0.4, -0.2) is 30.3 Å². The standard InChI is InChI=1S/C12H16FNO3/c1-3-17-7-8(2)14-11-5-4-9(12(15)16)6-10(11)13/h4-6,8,14H,3,7H2,1-2H3,(H,15,16). The van der Waals surface area contributed by atoms with Gasteiger partial charge in [-0.15, -0.1) is 0 Å². The number of hydrogen-bond acceptors (Lipinski definition) is 3. The van der Waals surface area contributed by atoms with E-state index in [0.29, 0.717) is 13.2 Å². The van der Waals surface area contributed by atoms with Crippen LogP contribution in [0.4, 0.5) is 10.1 Å². The summed E-state index contributed by atoms with van der Waals surface area (Å²) in [7, 11) is 0. The molecule has 0 aromatic heterocycles. The monoisotopic (exact) mass is 241 g/mol. The van der Waals surface area contributed by atoms with Crippen molar-refractivity contribution in [1.29, 1.82) is 0 Å². The second kappa shape index (κ2) is 6.20. The molecule has 1 aromatic rings. The highest BCUT2D eigenvalue weighted by Crippen LogP contribution is 2.16. The smallest absolute Gasteiger partial charge is 0.335 e. The van der Waals surface area contributed by atoms with Crippen molar-refractivity contribution in [3.8, 4) is 0 Å². The van der Waals surface area contributed by atoms with Gasteiger partial charge in [-0.1, -0.05) is 0 Å². The minimum absolute atomic E-state index is 0.0415. The van der Waals surface area contributed by atoms with Crippen molar-refractivity contribution in [2.75, 3.05) is 18.5 Å². The van der Waals surface area contributed by atoms with Crippen LogP contribution in [0.1, 0.15) is 24.2 Å². The first kappa shape index (κ1) is 13.4. The third kappa shape index (κ3) is 4.03. The second-order valence-corrected chi connectivity index (χ2v) is 3.70. The van der Waals surface area contributed by atoms with Gasteiger partial charge in [0.25, 0.3) is 0 Å². The van der Waals surface area contributed by atoms with Crippen molar-refractivity contribution < 1.29 is 19.0 Å². The molecule has 1 unspecified atom stereocenters. The first-order valence-corrected chi connectivity index (χ1v) is 5.41. The number of carbonyl (C=O) groups is 1. The highest BCUT2D eigenvalue weighted by atomic mass is 19.1. The zero-order valence-electron chi connectivity index (χ0n) is 9.87. The summed E-state index contributed by atoms with van der Waals surface area (Å²) < 4.78 is 18.7. The third-order valence-electron chi connectivity index (χ3n) is 2.19. The van der Waals surface area contributed by atoms with Gasteiger partial charge in [-0.3, -0.25) is 0 Å². The summed E-state index contributed by atoms with van der Waals surface area (Å²) in [6.45, 7) is 4.82. The van der Waals surface area contributed by atoms with Gasteiger partial charge in [0.05, 0.1) is 17.9 Å². The average Bonchev–Trinajstić information content (AvgIpc) is 2.28. The Kier molecular flexibility index (Phi) is 4.90. The Hall–Kier alpha value is -1.62. The molecule has 0 aliphatic carbocycles. The largest absolute Gasteiger partial charge is 0.478 e. The van der Waals surface area contributed by atoms with Crippen molar-refractivity contribution in [3.05, 3.63) is 29.6 Å². The fourth-order valence-corrected chi connectivity index (χ4v) is 1.37. The van der Waals surface area contributed by atoms with Crippen LogP contribution in [0.25, 0.3) is 0 Å². The topological polar surface area (TPSA) is 58.6 Å². The molecule has 1 atom stereocenters. The summed E-state index contributed by atoms with van der Waals surface area (Å²) in [5.74, 6) is -1.72. The molecular weight excluding hydrogens is 225 g/mol. The van der Waals surface area contributed by atoms with E-state index in [-0.39, 0.29) is 17.3 Å². The maximum atomic E-state index is 13.5. The highest BCUT2D eigenvalue weighted by molar-refractivity contribution is 5.88. The summed E-state index contributed by atoms with van der Waals surface area (Å²) in [5, 5.41) is 11.6. The lowest BCUT2D eigenvalue weighted by atomic mass is 10.2. The van der Waals surface area contributed by atoms with Gasteiger partial charge >= 0.3 is 5.97 Å². The first-order chi connectivity index (χ1) is 8.04. The van der Waals surface area contributed by atoms with E-state index < -0.39 is 11.8 Å². The number of aromatic carboxylic acids is 1. The van der Waals surface area contributed by atoms with E-state index >= 15 is 0 Å². The molecule has 0 saturated carbocycles. The molecule has 0 bridgehead atoms. The lowest BCUT2D eigenvalue weighted by Gasteiger charge is -2.15. The Labute approximate surface area is 99.4 Å². The molecule has 5 heteroatoms. The molecule has 2 N–H and O–H groups in total. The molecule has 0 aliphatic rings. The van der Waals surface area contributed by atoms with E-state index in [1.54, 1.807) is 0 Å². The molecule has 0 heterocycles. The van der Waals surface area contributed by atoms with Gasteiger partial charge in [-0.2, -0.15) is 0 Å². The summed E-state index contributed by atoms with van der Waals surface area (Å²) in [5.41, 5.74) is 0.215. The average molecular weight is 241 g/mol. The van der Waals surface area contributed by atoms with Gasteiger partial charge in [-0.05, 0) is 32.0 Å². The SMILES string of the molecule is CCOCC(C)Nc1ccc(C(=O)O)cc1F. The van der Waals surface area contributed by atoms with Crippen molar-refractivity contribution >= 4 is 11.7 Å². The summed E-state index contributed by atoms with van der Waals surface area (Å²) >= 11 is 0. The van der Waals surface area contributed by atoms with E-state index in [2.05, 4.69) is 5.32 Å². The molecule has 94 valence electrons. The lowest BCUT2D eigenvalue weighted by molar-refractivity contribution is 0.0696. The predicted molar refractivity (Wildman–Crippen MR) is 62.9 cm³/mol. The van der Waals surface area contributed by atoms with Crippen molar-refractivity contribution in [1.82, 2.24) is 0 Å². The molecule has 1 rings (SSSR count). The van der Waals surface area contributed by atoms with E-state index in [4.69, 9.17) is 9.84 Å². The Bertz CT molecular complexity index is 395. The van der Waals surface area contributed by atoms with E-state index in [1.165, 1.54) is 12.1 Å². The lowest BCUT2D eigenvalue weighted by Crippen LogP contribution is -2.22. The first-order valence-electron chi connectivity index (χ1n) is 5.41. The van der Waals surface area contributed by atoms with Crippen molar-refractivity contribution in [3.63, 3.8) is 0 Å². The molecule has 1 aromatic carbocycles. The van der Waals surface area contributed by atoms with Gasteiger partial charge in [-0.25, -0.2) is 9.18 Å². The zero-order chi connectivity index (χ0) is 12.8. The molecule has 0 fully saturated rings. The van der Waals surface area contributed by atoms with E-state index in [0.717, 1.165) is 6.07 Å². The molecule has 0 aliphatic heterocycles. The highest BCUT2D eigenvalue weighted by Gasteiger charge is 2.10. The molecule has 0 radical (unpaired) electrons. The number of nitrogens with one attached hydrogen (secondary N) is 1. The van der Waals surface area contributed by atoms with E-state index in [9.17, 15) is 9.18 Å². The number of rotatable bonds is 6. The van der Waals surface area contributed by atoms with Crippen LogP contribution in [0.2, 0.25) is 0 Å². The Balaban J connectivity index is 2.69. The molecule has 0 spiro atoms. The number of benzene rings is 1. The Morgan fingerprint density at radius 2 is 2.29 bits per heavy atom. The van der Waals surface area contributed by atoms with E-state index in [1.807, 2.05) is 13.8 Å². The normalized spacial score (nSPS) is 12.2. The minimum Gasteiger partial charge on any atom is -0.478 e. The maximum Gasteiger partial charge on any atom is 0.335 e. The Morgan fingerprint density at radius 3 is 2.82 bits per heavy atom. The van der Waals surface area contributed by atoms with Crippen LogP contribution in [-0.2, 0) is 4.74 Å². The number of ether oxygens (including phenoxy) is 1. The number of anilines is 1. The summed E-state index contributed by atoms with van der Waals surface area (Å²) in [4.78, 5) is 10.6. The second-order valence-electron chi connectivity index (χ2n) is 3.70. The number of halogens is 1. The van der Waals surface area contributed by atoms with Gasteiger partial charge in [0.1, 0.15) is 5.82 Å².